The molecule has 0 unspecified atom stereocenters. The summed E-state index contributed by atoms with van der Waals surface area (Å²) in [4.78, 5) is 3.73. The number of aromatic hydroxyl groups is 1. The Kier molecular flexibility index (Phi) is 5.05. The minimum absolute atomic E-state index is 0.296. The number of rotatable bonds is 5. The van der Waals surface area contributed by atoms with Crippen LogP contribution in [-0.2, 0) is 0 Å². The van der Waals surface area contributed by atoms with Crippen LogP contribution in [-0.4, -0.2) is 35.1 Å². The molecule has 2 aromatic carbocycles. The molecule has 5 heteroatoms. The second-order valence-electron chi connectivity index (χ2n) is 7.17. The number of nitrogens with zero attached hydrogens (tertiary/aromatic N) is 2. The molecule has 2 aliphatic rings. The Hall–Kier alpha value is -2.16. The number of hydrogen-bond donors (Lipinski definition) is 1. The maximum atomic E-state index is 9.36. The van der Waals surface area contributed by atoms with Crippen molar-refractivity contribution in [2.45, 2.75) is 23.8 Å². The number of ether oxygens (including phenoxy) is 1. The van der Waals surface area contributed by atoms with Gasteiger partial charge < -0.3 is 9.84 Å². The standard InChI is InChI=1S/C21H22N2O2S/c22-11-15-1-5-19(6-2-15)25-20-9-16-12-23(13-17(16)10-20)14-26-21-7-3-18(24)4-8-21/h1-8,16-17,20,24H,9-10,12-14H2/t16-,17+,20+. The summed E-state index contributed by atoms with van der Waals surface area (Å²) in [6.07, 6.45) is 2.53. The van der Waals surface area contributed by atoms with E-state index in [9.17, 15) is 5.11 Å². The number of phenols is 1. The quantitative estimate of drug-likeness (QED) is 0.807. The Morgan fingerprint density at radius 1 is 1.04 bits per heavy atom. The number of fused-ring (bicyclic) bond motifs is 1. The molecule has 0 amide bonds. The van der Waals surface area contributed by atoms with Crippen molar-refractivity contribution in [1.82, 2.24) is 4.90 Å². The molecule has 1 saturated heterocycles. The van der Waals surface area contributed by atoms with Gasteiger partial charge in [0, 0.05) is 23.9 Å². The highest BCUT2D eigenvalue weighted by Gasteiger charge is 2.41. The maximum Gasteiger partial charge on any atom is 0.119 e. The van der Waals surface area contributed by atoms with Crippen molar-refractivity contribution >= 4 is 11.8 Å². The number of hydrogen-bond acceptors (Lipinski definition) is 5. The highest BCUT2D eigenvalue weighted by molar-refractivity contribution is 7.99. The molecule has 1 aliphatic carbocycles. The van der Waals surface area contributed by atoms with Crippen LogP contribution in [0.1, 0.15) is 18.4 Å². The van der Waals surface area contributed by atoms with Gasteiger partial charge >= 0.3 is 0 Å². The molecular formula is C21H22N2O2S. The highest BCUT2D eigenvalue weighted by Crippen LogP contribution is 2.40. The van der Waals surface area contributed by atoms with E-state index in [1.807, 2.05) is 48.2 Å². The Labute approximate surface area is 158 Å². The zero-order valence-corrected chi connectivity index (χ0v) is 15.4. The van der Waals surface area contributed by atoms with Crippen molar-refractivity contribution in [3.05, 3.63) is 54.1 Å². The molecule has 0 bridgehead atoms. The summed E-state index contributed by atoms with van der Waals surface area (Å²) in [6.45, 7) is 2.28. The topological polar surface area (TPSA) is 56.5 Å². The molecule has 2 aromatic rings. The van der Waals surface area contributed by atoms with E-state index in [2.05, 4.69) is 11.0 Å². The van der Waals surface area contributed by atoms with E-state index in [0.29, 0.717) is 17.4 Å². The fraction of sp³-hybridized carbons (Fsp3) is 0.381. The average Bonchev–Trinajstić information content (AvgIpc) is 3.20. The lowest BCUT2D eigenvalue weighted by Crippen LogP contribution is -2.24. The lowest BCUT2D eigenvalue weighted by molar-refractivity contribution is 0.189. The van der Waals surface area contributed by atoms with Gasteiger partial charge in [-0.05, 0) is 73.2 Å². The van der Waals surface area contributed by atoms with Crippen LogP contribution in [0.4, 0.5) is 0 Å². The van der Waals surface area contributed by atoms with Gasteiger partial charge in [-0.1, -0.05) is 0 Å². The maximum absolute atomic E-state index is 9.36. The first-order valence-corrected chi connectivity index (χ1v) is 9.99. The molecule has 1 N–H and O–H groups in total. The fourth-order valence-corrected chi connectivity index (χ4v) is 4.92. The molecule has 26 heavy (non-hydrogen) atoms. The van der Waals surface area contributed by atoms with Gasteiger partial charge in [0.15, 0.2) is 0 Å². The highest BCUT2D eigenvalue weighted by atomic mass is 32.2. The summed E-state index contributed by atoms with van der Waals surface area (Å²) in [7, 11) is 0. The largest absolute Gasteiger partial charge is 0.508 e. The van der Waals surface area contributed by atoms with Gasteiger partial charge in [0.2, 0.25) is 0 Å². The van der Waals surface area contributed by atoms with Crippen molar-refractivity contribution in [3.63, 3.8) is 0 Å². The average molecular weight is 366 g/mol. The Bertz CT molecular complexity index is 771. The first-order valence-electron chi connectivity index (χ1n) is 9.00. The van der Waals surface area contributed by atoms with Crippen molar-refractivity contribution in [3.8, 4) is 17.6 Å². The molecule has 3 atom stereocenters. The van der Waals surface area contributed by atoms with Crippen LogP contribution >= 0.6 is 11.8 Å². The van der Waals surface area contributed by atoms with E-state index in [1.54, 1.807) is 12.1 Å². The molecule has 4 rings (SSSR count). The number of thioether (sulfide) groups is 1. The summed E-state index contributed by atoms with van der Waals surface area (Å²) >= 11 is 1.83. The van der Waals surface area contributed by atoms with Crippen LogP contribution in [0.2, 0.25) is 0 Å². The molecule has 0 radical (unpaired) electrons. The van der Waals surface area contributed by atoms with E-state index in [4.69, 9.17) is 10.00 Å². The molecule has 1 heterocycles. The number of benzene rings is 2. The second-order valence-corrected chi connectivity index (χ2v) is 8.19. The van der Waals surface area contributed by atoms with Gasteiger partial charge in [0.1, 0.15) is 11.5 Å². The minimum atomic E-state index is 0.296. The zero-order chi connectivity index (χ0) is 17.9. The molecule has 0 spiro atoms. The minimum Gasteiger partial charge on any atom is -0.508 e. The summed E-state index contributed by atoms with van der Waals surface area (Å²) < 4.78 is 6.13. The predicted octanol–water partition coefficient (Wildman–Crippen LogP) is 4.10. The van der Waals surface area contributed by atoms with Crippen LogP contribution in [0.25, 0.3) is 0 Å². The summed E-state index contributed by atoms with van der Waals surface area (Å²) in [6, 6.07) is 17.0. The molecule has 134 valence electrons. The lowest BCUT2D eigenvalue weighted by Gasteiger charge is -2.19. The Balaban J connectivity index is 1.24. The van der Waals surface area contributed by atoms with Crippen molar-refractivity contribution in [2.75, 3.05) is 19.0 Å². The third kappa shape index (κ3) is 3.98. The first kappa shape index (κ1) is 17.3. The fourth-order valence-electron chi connectivity index (χ4n) is 4.05. The predicted molar refractivity (Wildman–Crippen MR) is 102 cm³/mol. The number of nitriles is 1. The van der Waals surface area contributed by atoms with Gasteiger partial charge in [0.05, 0.1) is 17.7 Å². The van der Waals surface area contributed by atoms with Gasteiger partial charge in [-0.3, -0.25) is 4.90 Å². The Morgan fingerprint density at radius 2 is 1.69 bits per heavy atom. The van der Waals surface area contributed by atoms with Gasteiger partial charge in [0.25, 0.3) is 0 Å². The zero-order valence-electron chi connectivity index (χ0n) is 14.5. The van der Waals surface area contributed by atoms with Crippen LogP contribution in [0, 0.1) is 23.2 Å². The van der Waals surface area contributed by atoms with Crippen LogP contribution in [0.15, 0.2) is 53.4 Å². The normalized spacial score (nSPS) is 25.0. The van der Waals surface area contributed by atoms with Crippen LogP contribution < -0.4 is 4.74 Å². The summed E-state index contributed by atoms with van der Waals surface area (Å²) in [5, 5.41) is 18.2. The first-order chi connectivity index (χ1) is 12.7. The van der Waals surface area contributed by atoms with Gasteiger partial charge in [-0.15, -0.1) is 11.8 Å². The molecule has 1 saturated carbocycles. The van der Waals surface area contributed by atoms with Crippen LogP contribution in [0.5, 0.6) is 11.5 Å². The SMILES string of the molecule is N#Cc1ccc(O[C@H]2C[C@@H]3CN(CSc4ccc(O)cc4)C[C@@H]3C2)cc1. The smallest absolute Gasteiger partial charge is 0.119 e. The Morgan fingerprint density at radius 3 is 2.31 bits per heavy atom. The van der Waals surface area contributed by atoms with E-state index < -0.39 is 0 Å². The van der Waals surface area contributed by atoms with Crippen molar-refractivity contribution in [1.29, 1.82) is 5.26 Å². The monoisotopic (exact) mass is 366 g/mol. The molecule has 2 fully saturated rings. The number of phenolic OH excluding ortho intramolecular Hbond substituents is 1. The molecular weight excluding hydrogens is 344 g/mol. The summed E-state index contributed by atoms with van der Waals surface area (Å²) in [5.41, 5.74) is 0.669. The van der Waals surface area contributed by atoms with Gasteiger partial charge in [-0.2, -0.15) is 5.26 Å². The van der Waals surface area contributed by atoms with E-state index in [1.165, 1.54) is 4.90 Å². The second kappa shape index (κ2) is 7.61. The third-order valence-electron chi connectivity index (χ3n) is 5.32. The van der Waals surface area contributed by atoms with E-state index in [-0.39, 0.29) is 0 Å². The molecule has 4 nitrogen and oxygen atoms in total. The van der Waals surface area contributed by atoms with Crippen molar-refractivity contribution in [2.24, 2.45) is 11.8 Å². The van der Waals surface area contributed by atoms with Crippen molar-refractivity contribution < 1.29 is 9.84 Å². The molecule has 1 aliphatic heterocycles. The van der Waals surface area contributed by atoms with E-state index >= 15 is 0 Å². The van der Waals surface area contributed by atoms with Gasteiger partial charge in [-0.25, -0.2) is 0 Å². The third-order valence-corrected chi connectivity index (χ3v) is 6.42. The lowest BCUT2D eigenvalue weighted by atomic mass is 10.0. The molecule has 0 aromatic heterocycles. The van der Waals surface area contributed by atoms with Crippen LogP contribution in [0.3, 0.4) is 0 Å². The van der Waals surface area contributed by atoms with E-state index in [0.717, 1.165) is 49.4 Å². The number of likely N-dealkylation sites (tertiary alicyclic amines) is 1. The summed E-state index contributed by atoms with van der Waals surface area (Å²) in [5.74, 6) is 3.63.